The van der Waals surface area contributed by atoms with Crippen molar-refractivity contribution in [2.45, 2.75) is 32.6 Å². The molecule has 8 nitrogen and oxygen atoms in total. The molecule has 0 bridgehead atoms. The van der Waals surface area contributed by atoms with Gasteiger partial charge in [0.05, 0.1) is 17.8 Å². The molecule has 5 heterocycles. The van der Waals surface area contributed by atoms with Crippen LogP contribution in [0, 0.1) is 11.8 Å². The van der Waals surface area contributed by atoms with Crippen molar-refractivity contribution >= 4 is 23.2 Å². The minimum atomic E-state index is 0.0319. The van der Waals surface area contributed by atoms with Crippen LogP contribution in [0.1, 0.15) is 31.0 Å². The minimum absolute atomic E-state index is 0.0319. The second kappa shape index (κ2) is 7.40. The largest absolute Gasteiger partial charge is 0.354 e. The number of Topliss-reactive ketones (excluding diaryl/α,β-unsaturated/α-hetero) is 1. The lowest BCUT2D eigenvalue weighted by Gasteiger charge is -2.42. The van der Waals surface area contributed by atoms with Crippen LogP contribution in [-0.4, -0.2) is 70.5 Å². The number of rotatable bonds is 4. The minimum Gasteiger partial charge on any atom is -0.354 e. The van der Waals surface area contributed by atoms with Gasteiger partial charge in [0.2, 0.25) is 5.91 Å². The number of carbonyl (C=O) groups is 2. The number of ketones is 1. The zero-order valence-electron chi connectivity index (χ0n) is 16.9. The Hall–Kier alpha value is -2.48. The predicted octanol–water partition coefficient (Wildman–Crippen LogP) is 0.681. The van der Waals surface area contributed by atoms with Crippen LogP contribution in [0.25, 0.3) is 5.65 Å². The highest BCUT2D eigenvalue weighted by Crippen LogP contribution is 2.33. The van der Waals surface area contributed by atoms with Crippen LogP contribution < -0.4 is 10.2 Å². The summed E-state index contributed by atoms with van der Waals surface area (Å²) in [7, 11) is 0. The average molecular weight is 396 g/mol. The summed E-state index contributed by atoms with van der Waals surface area (Å²) in [5.74, 6) is 1.93. The number of aromatic nitrogens is 3. The summed E-state index contributed by atoms with van der Waals surface area (Å²) < 4.78 is 1.93. The average Bonchev–Trinajstić information content (AvgIpc) is 3.23. The smallest absolute Gasteiger partial charge is 0.229 e. The first-order valence-corrected chi connectivity index (χ1v) is 10.7. The van der Waals surface area contributed by atoms with Crippen LogP contribution in [0.3, 0.4) is 0 Å². The number of nitrogens with one attached hydrogen (secondary N) is 1. The lowest BCUT2D eigenvalue weighted by Crippen LogP contribution is -2.55. The highest BCUT2D eigenvalue weighted by molar-refractivity contribution is 5.83. The van der Waals surface area contributed by atoms with E-state index in [1.54, 1.807) is 13.1 Å². The summed E-state index contributed by atoms with van der Waals surface area (Å²) in [6.07, 6.45) is 5.19. The zero-order valence-corrected chi connectivity index (χ0v) is 16.9. The molecule has 2 saturated heterocycles. The maximum Gasteiger partial charge on any atom is 0.229 e. The van der Waals surface area contributed by atoms with E-state index in [2.05, 4.69) is 15.3 Å². The van der Waals surface area contributed by atoms with Gasteiger partial charge in [0.15, 0.2) is 5.65 Å². The van der Waals surface area contributed by atoms with Crippen LogP contribution >= 0.6 is 0 Å². The molecular weight excluding hydrogens is 368 g/mol. The summed E-state index contributed by atoms with van der Waals surface area (Å²) in [5, 5.41) is 7.96. The van der Waals surface area contributed by atoms with Gasteiger partial charge in [-0.05, 0) is 32.2 Å². The van der Waals surface area contributed by atoms with Gasteiger partial charge in [0, 0.05) is 57.2 Å². The molecule has 29 heavy (non-hydrogen) atoms. The molecule has 2 fully saturated rings. The fourth-order valence-electron chi connectivity index (χ4n) is 5.01. The fraction of sp³-hybridized carbons (Fsp3) is 0.619. The summed E-state index contributed by atoms with van der Waals surface area (Å²) in [5.41, 5.74) is 3.29. The van der Waals surface area contributed by atoms with Gasteiger partial charge in [-0.3, -0.25) is 4.79 Å². The third-order valence-corrected chi connectivity index (χ3v) is 6.49. The second-order valence-corrected chi connectivity index (χ2v) is 8.66. The Labute approximate surface area is 170 Å². The number of fused-ring (bicyclic) bond motifs is 2. The number of likely N-dealkylation sites (tertiary alicyclic amines) is 1. The highest BCUT2D eigenvalue weighted by atomic mass is 16.2. The van der Waals surface area contributed by atoms with Crippen molar-refractivity contribution in [1.29, 1.82) is 0 Å². The Bertz CT molecular complexity index is 948. The molecule has 0 spiro atoms. The molecule has 3 aliphatic heterocycles. The number of amides is 1. The Kier molecular flexibility index (Phi) is 4.73. The lowest BCUT2D eigenvalue weighted by atomic mass is 9.96. The van der Waals surface area contributed by atoms with E-state index in [1.165, 1.54) is 5.56 Å². The summed E-state index contributed by atoms with van der Waals surface area (Å²) in [6, 6.07) is 1.95. The molecule has 2 aromatic heterocycles. The van der Waals surface area contributed by atoms with E-state index in [1.807, 2.05) is 15.5 Å². The van der Waals surface area contributed by atoms with Crippen LogP contribution in [0.5, 0.6) is 0 Å². The molecular formula is C21H28N6O2. The number of nitrogens with zero attached hydrogens (tertiary/aromatic N) is 5. The first-order valence-electron chi connectivity index (χ1n) is 10.7. The number of anilines is 1. The van der Waals surface area contributed by atoms with Crippen molar-refractivity contribution in [2.75, 3.05) is 44.2 Å². The zero-order chi connectivity index (χ0) is 20.0. The highest BCUT2D eigenvalue weighted by Gasteiger charge is 2.40. The molecule has 0 radical (unpaired) electrons. The third kappa shape index (κ3) is 3.39. The summed E-state index contributed by atoms with van der Waals surface area (Å²) in [4.78, 5) is 33.4. The molecule has 1 atom stereocenters. The van der Waals surface area contributed by atoms with Crippen molar-refractivity contribution < 1.29 is 9.59 Å². The molecule has 1 amide bonds. The lowest BCUT2D eigenvalue weighted by molar-refractivity contribution is -0.135. The van der Waals surface area contributed by atoms with E-state index in [4.69, 9.17) is 4.98 Å². The van der Waals surface area contributed by atoms with Gasteiger partial charge < -0.3 is 19.9 Å². The number of carbonyl (C=O) groups excluding carboxylic acids is 2. The van der Waals surface area contributed by atoms with Gasteiger partial charge in [-0.25, -0.2) is 4.98 Å². The Morgan fingerprint density at radius 1 is 1.21 bits per heavy atom. The van der Waals surface area contributed by atoms with Gasteiger partial charge in [0.1, 0.15) is 11.6 Å². The van der Waals surface area contributed by atoms with E-state index in [0.717, 1.165) is 75.7 Å². The molecule has 2 aromatic rings. The maximum absolute atomic E-state index is 13.0. The van der Waals surface area contributed by atoms with Gasteiger partial charge >= 0.3 is 0 Å². The van der Waals surface area contributed by atoms with Crippen LogP contribution in [0.2, 0.25) is 0 Å². The van der Waals surface area contributed by atoms with Crippen molar-refractivity contribution in [3.8, 4) is 0 Å². The first-order chi connectivity index (χ1) is 14.1. The van der Waals surface area contributed by atoms with E-state index in [-0.39, 0.29) is 17.6 Å². The topological polar surface area (TPSA) is 82.8 Å². The molecule has 0 aromatic carbocycles. The van der Waals surface area contributed by atoms with Crippen LogP contribution in [-0.2, 0) is 22.4 Å². The number of hydrogen-bond acceptors (Lipinski definition) is 6. The molecule has 0 aliphatic carbocycles. The molecule has 1 N–H and O–H groups in total. The standard InChI is InChI=1S/C21H28N6O2/c1-14(28)10-15-5-9-25(11-15)21(29)16-12-26(13-16)20-17-2-6-22-7-3-18(17)24-19-4-8-23-27(19)20/h4,8,15-16,22H,2-3,5-7,9-13H2,1H3. The van der Waals surface area contributed by atoms with Crippen LogP contribution in [0.15, 0.2) is 12.3 Å². The normalized spacial score (nSPS) is 22.4. The van der Waals surface area contributed by atoms with Gasteiger partial charge in [-0.2, -0.15) is 9.61 Å². The Balaban J connectivity index is 1.32. The van der Waals surface area contributed by atoms with Gasteiger partial charge in [-0.15, -0.1) is 0 Å². The third-order valence-electron chi connectivity index (χ3n) is 6.49. The fourth-order valence-corrected chi connectivity index (χ4v) is 5.01. The molecule has 5 rings (SSSR count). The molecule has 0 saturated carbocycles. The van der Waals surface area contributed by atoms with Crippen molar-refractivity contribution in [3.63, 3.8) is 0 Å². The van der Waals surface area contributed by atoms with Crippen LogP contribution in [0.4, 0.5) is 5.82 Å². The van der Waals surface area contributed by atoms with Gasteiger partial charge in [0.25, 0.3) is 0 Å². The SMILES string of the molecule is CC(=O)CC1CCN(C(=O)C2CN(c3c4c(nc5ccnn35)CCNCC4)C2)C1. The van der Waals surface area contributed by atoms with Gasteiger partial charge in [-0.1, -0.05) is 0 Å². The molecule has 8 heteroatoms. The molecule has 154 valence electrons. The second-order valence-electron chi connectivity index (χ2n) is 8.66. The quantitative estimate of drug-likeness (QED) is 0.819. The summed E-state index contributed by atoms with van der Waals surface area (Å²) in [6.45, 7) is 6.49. The molecule has 1 unspecified atom stereocenters. The molecule has 3 aliphatic rings. The van der Waals surface area contributed by atoms with E-state index in [0.29, 0.717) is 12.3 Å². The first kappa shape index (κ1) is 18.5. The van der Waals surface area contributed by atoms with Crippen molar-refractivity contribution in [1.82, 2.24) is 24.8 Å². The van der Waals surface area contributed by atoms with Crippen molar-refractivity contribution in [2.24, 2.45) is 11.8 Å². The van der Waals surface area contributed by atoms with E-state index in [9.17, 15) is 9.59 Å². The Morgan fingerprint density at radius 2 is 2.03 bits per heavy atom. The van der Waals surface area contributed by atoms with E-state index < -0.39 is 0 Å². The monoisotopic (exact) mass is 396 g/mol. The number of hydrogen-bond donors (Lipinski definition) is 1. The maximum atomic E-state index is 13.0. The van der Waals surface area contributed by atoms with Crippen molar-refractivity contribution in [3.05, 3.63) is 23.5 Å². The predicted molar refractivity (Wildman–Crippen MR) is 109 cm³/mol. The van der Waals surface area contributed by atoms with E-state index >= 15 is 0 Å². The summed E-state index contributed by atoms with van der Waals surface area (Å²) >= 11 is 0. The Morgan fingerprint density at radius 3 is 2.86 bits per heavy atom.